The normalized spacial score (nSPS) is 18.7. The standard InChI is InChI=1S/C31H44O2/c1-24(2)11-7-12-25(3)13-8-14-26(4)15-9-16-27(5)17-10-21-31(6)22-20-28-23-29(32)18-19-30(28)33-31/h11,13,15,17-20,22-23,32H,7-10,12,14,16,21H2,1-6H3/b25-13+,26-15+,27-17+. The highest BCUT2D eigenvalue weighted by Crippen LogP contribution is 2.35. The first kappa shape index (κ1) is 26.8. The van der Waals surface area contributed by atoms with Crippen LogP contribution < -0.4 is 4.74 Å². The molecule has 2 heteroatoms. The summed E-state index contributed by atoms with van der Waals surface area (Å²) >= 11 is 0. The molecular weight excluding hydrogens is 404 g/mol. The monoisotopic (exact) mass is 448 g/mol. The molecule has 0 saturated carbocycles. The smallest absolute Gasteiger partial charge is 0.128 e. The third-order valence-electron chi connectivity index (χ3n) is 6.24. The molecule has 1 aliphatic rings. The van der Waals surface area contributed by atoms with E-state index in [0.29, 0.717) is 0 Å². The van der Waals surface area contributed by atoms with Gasteiger partial charge in [-0.2, -0.15) is 0 Å². The summed E-state index contributed by atoms with van der Waals surface area (Å²) in [5, 5.41) is 9.63. The Hall–Kier alpha value is -2.48. The quantitative estimate of drug-likeness (QED) is 0.323. The summed E-state index contributed by atoms with van der Waals surface area (Å²) in [6, 6.07) is 5.28. The van der Waals surface area contributed by atoms with Crippen molar-refractivity contribution in [3.63, 3.8) is 0 Å². The minimum Gasteiger partial charge on any atom is -0.508 e. The highest BCUT2D eigenvalue weighted by molar-refractivity contribution is 5.62. The number of hydrogen-bond donors (Lipinski definition) is 1. The Morgan fingerprint density at radius 1 is 0.818 bits per heavy atom. The van der Waals surface area contributed by atoms with Crippen LogP contribution in [0.15, 0.2) is 70.9 Å². The van der Waals surface area contributed by atoms with E-state index in [9.17, 15) is 5.11 Å². The second-order valence-electron chi connectivity index (χ2n) is 10.1. The van der Waals surface area contributed by atoms with E-state index in [4.69, 9.17) is 4.74 Å². The summed E-state index contributed by atoms with van der Waals surface area (Å²) in [7, 11) is 0. The van der Waals surface area contributed by atoms with Crippen molar-refractivity contribution in [3.05, 3.63) is 76.4 Å². The summed E-state index contributed by atoms with van der Waals surface area (Å²) in [6.07, 6.45) is 22.5. The van der Waals surface area contributed by atoms with Gasteiger partial charge in [-0.3, -0.25) is 0 Å². The molecule has 1 aliphatic heterocycles. The van der Waals surface area contributed by atoms with Gasteiger partial charge in [0.05, 0.1) is 0 Å². The molecule has 1 aromatic rings. The summed E-state index contributed by atoms with van der Waals surface area (Å²) in [5.41, 5.74) is 6.50. The van der Waals surface area contributed by atoms with Crippen molar-refractivity contribution in [2.45, 2.75) is 98.5 Å². The lowest BCUT2D eigenvalue weighted by atomic mass is 9.94. The van der Waals surface area contributed by atoms with Gasteiger partial charge in [0, 0.05) is 5.56 Å². The highest BCUT2D eigenvalue weighted by atomic mass is 16.5. The lowest BCUT2D eigenvalue weighted by Crippen LogP contribution is -2.31. The maximum absolute atomic E-state index is 9.63. The molecule has 1 unspecified atom stereocenters. The van der Waals surface area contributed by atoms with Crippen molar-refractivity contribution in [1.29, 1.82) is 0 Å². The molecule has 33 heavy (non-hydrogen) atoms. The molecule has 180 valence electrons. The predicted octanol–water partition coefficient (Wildman–Crippen LogP) is 9.48. The molecular formula is C31H44O2. The molecule has 0 bridgehead atoms. The zero-order chi connectivity index (χ0) is 24.3. The first-order valence-electron chi connectivity index (χ1n) is 12.5. The number of phenols is 1. The lowest BCUT2D eigenvalue weighted by Gasteiger charge is -2.31. The van der Waals surface area contributed by atoms with Gasteiger partial charge in [-0.1, -0.05) is 52.7 Å². The van der Waals surface area contributed by atoms with E-state index >= 15 is 0 Å². The molecule has 0 amide bonds. The number of fused-ring (bicyclic) bond motifs is 1. The van der Waals surface area contributed by atoms with Gasteiger partial charge in [-0.05, 0) is 117 Å². The van der Waals surface area contributed by atoms with Gasteiger partial charge in [-0.25, -0.2) is 0 Å². The van der Waals surface area contributed by atoms with Crippen LogP contribution in [-0.2, 0) is 0 Å². The van der Waals surface area contributed by atoms with Gasteiger partial charge in [0.25, 0.3) is 0 Å². The van der Waals surface area contributed by atoms with E-state index in [2.05, 4.69) is 78.0 Å². The van der Waals surface area contributed by atoms with Crippen LogP contribution in [0.2, 0.25) is 0 Å². The molecule has 0 radical (unpaired) electrons. The number of rotatable bonds is 12. The zero-order valence-electron chi connectivity index (χ0n) is 21.7. The van der Waals surface area contributed by atoms with Crippen LogP contribution in [0.5, 0.6) is 11.5 Å². The minimum absolute atomic E-state index is 0.273. The third kappa shape index (κ3) is 10.3. The van der Waals surface area contributed by atoms with Crippen molar-refractivity contribution >= 4 is 6.08 Å². The minimum atomic E-state index is -0.297. The first-order valence-corrected chi connectivity index (χ1v) is 12.5. The predicted molar refractivity (Wildman–Crippen MR) is 144 cm³/mol. The number of benzene rings is 1. The Labute approximate surface area is 202 Å². The highest BCUT2D eigenvalue weighted by Gasteiger charge is 2.26. The topological polar surface area (TPSA) is 29.5 Å². The van der Waals surface area contributed by atoms with Crippen LogP contribution in [0.25, 0.3) is 6.08 Å². The van der Waals surface area contributed by atoms with E-state index < -0.39 is 0 Å². The molecule has 0 aromatic heterocycles. The maximum Gasteiger partial charge on any atom is 0.128 e. The fourth-order valence-electron chi connectivity index (χ4n) is 4.04. The van der Waals surface area contributed by atoms with E-state index in [-0.39, 0.29) is 11.4 Å². The van der Waals surface area contributed by atoms with Gasteiger partial charge in [0.1, 0.15) is 17.1 Å². The van der Waals surface area contributed by atoms with Crippen molar-refractivity contribution in [2.24, 2.45) is 0 Å². The number of ether oxygens (including phenoxy) is 1. The lowest BCUT2D eigenvalue weighted by molar-refractivity contribution is 0.128. The zero-order valence-corrected chi connectivity index (χ0v) is 21.7. The number of phenolic OH excluding ortho intramolecular Hbond substituents is 1. The molecule has 2 rings (SSSR count). The maximum atomic E-state index is 9.63. The van der Waals surface area contributed by atoms with Crippen molar-refractivity contribution in [3.8, 4) is 11.5 Å². The van der Waals surface area contributed by atoms with Gasteiger partial charge in [-0.15, -0.1) is 0 Å². The second-order valence-corrected chi connectivity index (χ2v) is 10.1. The molecule has 1 aromatic carbocycles. The van der Waals surface area contributed by atoms with Crippen LogP contribution in [-0.4, -0.2) is 10.7 Å². The Morgan fingerprint density at radius 3 is 1.94 bits per heavy atom. The summed E-state index contributed by atoms with van der Waals surface area (Å²) in [6.45, 7) is 13.2. The summed E-state index contributed by atoms with van der Waals surface area (Å²) in [5.74, 6) is 1.12. The van der Waals surface area contributed by atoms with Gasteiger partial charge in [0.15, 0.2) is 0 Å². The number of allylic oxidation sites excluding steroid dienone is 8. The molecule has 0 spiro atoms. The molecule has 1 atom stereocenters. The van der Waals surface area contributed by atoms with E-state index in [0.717, 1.165) is 56.3 Å². The van der Waals surface area contributed by atoms with Crippen LogP contribution in [0.3, 0.4) is 0 Å². The number of aromatic hydroxyl groups is 1. The Kier molecular flexibility index (Phi) is 10.8. The van der Waals surface area contributed by atoms with Crippen LogP contribution in [0, 0.1) is 0 Å². The van der Waals surface area contributed by atoms with Gasteiger partial charge < -0.3 is 9.84 Å². The fourth-order valence-corrected chi connectivity index (χ4v) is 4.04. The van der Waals surface area contributed by atoms with Crippen LogP contribution in [0.1, 0.15) is 98.5 Å². The molecule has 0 fully saturated rings. The molecule has 1 N–H and O–H groups in total. The van der Waals surface area contributed by atoms with E-state index in [1.54, 1.807) is 12.1 Å². The van der Waals surface area contributed by atoms with Crippen molar-refractivity contribution in [1.82, 2.24) is 0 Å². The fraction of sp³-hybridized carbons (Fsp3) is 0.484. The van der Waals surface area contributed by atoms with E-state index in [1.165, 1.54) is 28.7 Å². The summed E-state index contributed by atoms with van der Waals surface area (Å²) < 4.78 is 6.21. The number of hydrogen-bond acceptors (Lipinski definition) is 2. The first-order chi connectivity index (χ1) is 15.7. The molecule has 0 saturated heterocycles. The Morgan fingerprint density at radius 2 is 1.36 bits per heavy atom. The van der Waals surface area contributed by atoms with Crippen LogP contribution >= 0.6 is 0 Å². The van der Waals surface area contributed by atoms with Gasteiger partial charge in [0.2, 0.25) is 0 Å². The average Bonchev–Trinajstić information content (AvgIpc) is 2.73. The van der Waals surface area contributed by atoms with Gasteiger partial charge >= 0.3 is 0 Å². The Bertz CT molecular complexity index is 922. The Balaban J connectivity index is 1.69. The third-order valence-corrected chi connectivity index (χ3v) is 6.24. The molecule has 2 nitrogen and oxygen atoms in total. The largest absolute Gasteiger partial charge is 0.508 e. The molecule has 1 heterocycles. The second kappa shape index (κ2) is 13.3. The average molecular weight is 449 g/mol. The van der Waals surface area contributed by atoms with Crippen molar-refractivity contribution < 1.29 is 9.84 Å². The van der Waals surface area contributed by atoms with E-state index in [1.807, 2.05) is 6.07 Å². The van der Waals surface area contributed by atoms with Crippen molar-refractivity contribution in [2.75, 3.05) is 0 Å². The summed E-state index contributed by atoms with van der Waals surface area (Å²) in [4.78, 5) is 0. The molecule has 0 aliphatic carbocycles. The van der Waals surface area contributed by atoms with Crippen LogP contribution in [0.4, 0.5) is 0 Å². The SMILES string of the molecule is CC(C)=CCC/C(C)=C/CC/C(C)=C/CC/C(C)=C/CCC1(C)C=Cc2cc(O)ccc2O1.